The predicted molar refractivity (Wildman–Crippen MR) is 92.4 cm³/mol. The van der Waals surface area contributed by atoms with Gasteiger partial charge in [0.1, 0.15) is 5.75 Å². The molecule has 25 heavy (non-hydrogen) atoms. The number of aryl methyl sites for hydroxylation is 1. The van der Waals surface area contributed by atoms with Crippen molar-refractivity contribution in [3.05, 3.63) is 28.8 Å². The van der Waals surface area contributed by atoms with E-state index < -0.39 is 40.5 Å². The van der Waals surface area contributed by atoms with Crippen LogP contribution in [0.3, 0.4) is 0 Å². The minimum atomic E-state index is -3.09. The molecule has 0 unspecified atom stereocenters. The van der Waals surface area contributed by atoms with E-state index in [0.717, 1.165) is 5.56 Å². The predicted octanol–water partition coefficient (Wildman–Crippen LogP) is 1.26. The smallest absolute Gasteiger partial charge is 0.344 e. The molecule has 0 saturated carbocycles. The maximum Gasteiger partial charge on any atom is 0.344 e. The number of hydrogen-bond acceptors (Lipinski definition) is 6. The molecule has 7 nitrogen and oxygen atoms in total. The number of rotatable bonds is 6. The molecule has 1 aliphatic heterocycles. The van der Waals surface area contributed by atoms with E-state index in [1.165, 1.54) is 6.92 Å². The summed E-state index contributed by atoms with van der Waals surface area (Å²) in [6.07, 6.45) is -0.684. The second kappa shape index (κ2) is 8.05. The lowest BCUT2D eigenvalue weighted by molar-refractivity contribution is -0.156. The van der Waals surface area contributed by atoms with Gasteiger partial charge in [-0.2, -0.15) is 0 Å². The van der Waals surface area contributed by atoms with Gasteiger partial charge in [0.15, 0.2) is 22.5 Å². The van der Waals surface area contributed by atoms with E-state index in [2.05, 4.69) is 5.32 Å². The van der Waals surface area contributed by atoms with Gasteiger partial charge in [0.2, 0.25) is 0 Å². The highest BCUT2D eigenvalue weighted by Gasteiger charge is 2.30. The van der Waals surface area contributed by atoms with Gasteiger partial charge in [0.05, 0.1) is 16.5 Å². The van der Waals surface area contributed by atoms with Crippen molar-refractivity contribution < 1.29 is 27.5 Å². The average molecular weight is 390 g/mol. The van der Waals surface area contributed by atoms with Gasteiger partial charge < -0.3 is 14.8 Å². The number of hydrogen-bond donors (Lipinski definition) is 1. The molecule has 2 atom stereocenters. The van der Waals surface area contributed by atoms with Crippen LogP contribution in [-0.2, 0) is 24.2 Å². The first-order chi connectivity index (χ1) is 11.7. The highest BCUT2D eigenvalue weighted by atomic mass is 35.5. The highest BCUT2D eigenvalue weighted by molar-refractivity contribution is 7.91. The molecule has 1 saturated heterocycles. The van der Waals surface area contributed by atoms with E-state index in [9.17, 15) is 18.0 Å². The van der Waals surface area contributed by atoms with Gasteiger partial charge in [-0.05, 0) is 38.0 Å². The summed E-state index contributed by atoms with van der Waals surface area (Å²) in [5.41, 5.74) is 0.923. The van der Waals surface area contributed by atoms with Crippen molar-refractivity contribution in [2.45, 2.75) is 32.4 Å². The standard InChI is InChI=1S/C16H20ClNO6S/c1-10-3-4-13(17)14(7-10)23-8-15(19)24-11(2)16(20)18-12-5-6-25(21,22)9-12/h3-4,7,11-12H,5-6,8-9H2,1-2H3,(H,18,20)/t11-,12+/m0/s1. The molecule has 0 spiro atoms. The molecule has 9 heteroatoms. The Balaban J connectivity index is 1.79. The van der Waals surface area contributed by atoms with Crippen LogP contribution in [0.1, 0.15) is 18.9 Å². The average Bonchev–Trinajstić information content (AvgIpc) is 2.86. The summed E-state index contributed by atoms with van der Waals surface area (Å²) in [7, 11) is -3.09. The van der Waals surface area contributed by atoms with Crippen molar-refractivity contribution in [1.82, 2.24) is 5.32 Å². The van der Waals surface area contributed by atoms with E-state index in [4.69, 9.17) is 21.1 Å². The Morgan fingerprint density at radius 3 is 2.76 bits per heavy atom. The number of carbonyl (C=O) groups is 2. The summed E-state index contributed by atoms with van der Waals surface area (Å²) in [5.74, 6) is -0.943. The highest BCUT2D eigenvalue weighted by Crippen LogP contribution is 2.25. The van der Waals surface area contributed by atoms with Gasteiger partial charge in [-0.15, -0.1) is 0 Å². The van der Waals surface area contributed by atoms with Crippen LogP contribution >= 0.6 is 11.6 Å². The number of carbonyl (C=O) groups excluding carboxylic acids is 2. The van der Waals surface area contributed by atoms with Gasteiger partial charge in [0.25, 0.3) is 5.91 Å². The Bertz CT molecular complexity index is 764. The molecule has 1 heterocycles. The molecule has 0 aliphatic carbocycles. The fraction of sp³-hybridized carbons (Fsp3) is 0.500. The lowest BCUT2D eigenvalue weighted by Crippen LogP contribution is -2.43. The normalized spacial score (nSPS) is 19.9. The first-order valence-electron chi connectivity index (χ1n) is 7.75. The summed E-state index contributed by atoms with van der Waals surface area (Å²) in [4.78, 5) is 23.8. The second-order valence-corrected chi connectivity index (χ2v) is 8.60. The Morgan fingerprint density at radius 2 is 2.12 bits per heavy atom. The van der Waals surface area contributed by atoms with Crippen LogP contribution in [0.15, 0.2) is 18.2 Å². The van der Waals surface area contributed by atoms with Crippen molar-refractivity contribution in [1.29, 1.82) is 0 Å². The molecule has 1 aliphatic rings. The summed E-state index contributed by atoms with van der Waals surface area (Å²) in [5, 5.41) is 2.94. The lowest BCUT2D eigenvalue weighted by atomic mass is 10.2. The van der Waals surface area contributed by atoms with Crippen molar-refractivity contribution in [2.24, 2.45) is 0 Å². The summed E-state index contributed by atoms with van der Waals surface area (Å²) in [6, 6.07) is 4.71. The maximum atomic E-state index is 12.0. The Hall–Kier alpha value is -1.80. The third kappa shape index (κ3) is 5.89. The van der Waals surface area contributed by atoms with Gasteiger partial charge >= 0.3 is 5.97 Å². The summed E-state index contributed by atoms with van der Waals surface area (Å²) in [6.45, 7) is 2.88. The molecule has 0 aromatic heterocycles. The Labute approximate surface area is 151 Å². The third-order valence-electron chi connectivity index (χ3n) is 3.69. The van der Waals surface area contributed by atoms with Crippen molar-refractivity contribution >= 4 is 33.3 Å². The van der Waals surface area contributed by atoms with Crippen LogP contribution in [0, 0.1) is 6.92 Å². The summed E-state index contributed by atoms with van der Waals surface area (Å²) < 4.78 is 33.1. The number of benzene rings is 1. The molecule has 1 aromatic carbocycles. The molecule has 1 amide bonds. The summed E-state index contributed by atoms with van der Waals surface area (Å²) >= 11 is 5.96. The van der Waals surface area contributed by atoms with E-state index in [1.807, 2.05) is 13.0 Å². The molecular formula is C16H20ClNO6S. The van der Waals surface area contributed by atoms with Crippen LogP contribution in [0.4, 0.5) is 0 Å². The molecular weight excluding hydrogens is 370 g/mol. The van der Waals surface area contributed by atoms with Gasteiger partial charge in [-0.1, -0.05) is 17.7 Å². The number of ether oxygens (including phenoxy) is 2. The number of nitrogens with one attached hydrogen (secondary N) is 1. The number of amides is 1. The van der Waals surface area contributed by atoms with Crippen molar-refractivity contribution in [3.8, 4) is 5.75 Å². The van der Waals surface area contributed by atoms with Crippen LogP contribution in [0.2, 0.25) is 5.02 Å². The van der Waals surface area contributed by atoms with Crippen LogP contribution in [0.25, 0.3) is 0 Å². The quantitative estimate of drug-likeness (QED) is 0.735. The Morgan fingerprint density at radius 1 is 1.40 bits per heavy atom. The van der Waals surface area contributed by atoms with E-state index in [0.29, 0.717) is 17.2 Å². The van der Waals surface area contributed by atoms with E-state index in [1.54, 1.807) is 12.1 Å². The zero-order valence-electron chi connectivity index (χ0n) is 14.0. The van der Waals surface area contributed by atoms with Crippen molar-refractivity contribution in [2.75, 3.05) is 18.1 Å². The first kappa shape index (κ1) is 19.5. The van der Waals surface area contributed by atoms with Gasteiger partial charge in [0, 0.05) is 6.04 Å². The maximum absolute atomic E-state index is 12.0. The third-order valence-corrected chi connectivity index (χ3v) is 5.77. The monoisotopic (exact) mass is 389 g/mol. The first-order valence-corrected chi connectivity index (χ1v) is 9.95. The fourth-order valence-electron chi connectivity index (χ4n) is 2.37. The molecule has 0 bridgehead atoms. The minimum Gasteiger partial charge on any atom is -0.480 e. The fourth-order valence-corrected chi connectivity index (χ4v) is 4.22. The molecule has 1 N–H and O–H groups in total. The SMILES string of the molecule is Cc1ccc(Cl)c(OCC(=O)O[C@@H](C)C(=O)N[C@@H]2CCS(=O)(=O)C2)c1. The number of sulfone groups is 1. The number of esters is 1. The zero-order valence-corrected chi connectivity index (χ0v) is 15.5. The lowest BCUT2D eigenvalue weighted by Gasteiger charge is -2.16. The molecule has 2 rings (SSSR count). The van der Waals surface area contributed by atoms with Crippen LogP contribution in [-0.4, -0.2) is 50.6 Å². The zero-order chi connectivity index (χ0) is 18.6. The van der Waals surface area contributed by atoms with Gasteiger partial charge in [-0.3, -0.25) is 4.79 Å². The van der Waals surface area contributed by atoms with Crippen LogP contribution < -0.4 is 10.1 Å². The molecule has 1 aromatic rings. The minimum absolute atomic E-state index is 0.0528. The molecule has 0 radical (unpaired) electrons. The Kier molecular flexibility index (Phi) is 6.29. The molecule has 138 valence electrons. The second-order valence-electron chi connectivity index (χ2n) is 5.96. The largest absolute Gasteiger partial charge is 0.480 e. The number of halogens is 1. The van der Waals surface area contributed by atoms with E-state index in [-0.39, 0.29) is 11.5 Å². The van der Waals surface area contributed by atoms with E-state index >= 15 is 0 Å². The van der Waals surface area contributed by atoms with Crippen molar-refractivity contribution in [3.63, 3.8) is 0 Å². The topological polar surface area (TPSA) is 98.8 Å². The van der Waals surface area contributed by atoms with Crippen LogP contribution in [0.5, 0.6) is 5.75 Å². The van der Waals surface area contributed by atoms with Gasteiger partial charge in [-0.25, -0.2) is 13.2 Å². The molecule has 1 fully saturated rings.